The van der Waals surface area contributed by atoms with Crippen molar-refractivity contribution in [2.24, 2.45) is 0 Å². The van der Waals surface area contributed by atoms with Crippen LogP contribution < -0.4 is 15.5 Å². The van der Waals surface area contributed by atoms with Crippen LogP contribution in [-0.4, -0.2) is 60.2 Å². The highest BCUT2D eigenvalue weighted by Crippen LogP contribution is 2.20. The number of urea groups is 1. The molecule has 96 valence electrons. The van der Waals surface area contributed by atoms with Gasteiger partial charge in [0.15, 0.2) is 0 Å². The summed E-state index contributed by atoms with van der Waals surface area (Å²) in [6, 6.07) is 2.23. The average Bonchev–Trinajstić information content (AvgIpc) is 2.80. The van der Waals surface area contributed by atoms with Crippen LogP contribution in [0.3, 0.4) is 0 Å². The molecule has 3 heterocycles. The van der Waals surface area contributed by atoms with Crippen LogP contribution in [0.15, 0.2) is 12.4 Å². The lowest BCUT2D eigenvalue weighted by Gasteiger charge is -2.37. The summed E-state index contributed by atoms with van der Waals surface area (Å²) in [6.45, 7) is 3.09. The van der Waals surface area contributed by atoms with E-state index >= 15 is 0 Å². The van der Waals surface area contributed by atoms with E-state index < -0.39 is 0 Å². The fourth-order valence-electron chi connectivity index (χ4n) is 2.47. The Balaban J connectivity index is 1.76. The molecule has 0 spiro atoms. The minimum absolute atomic E-state index is 0.0539. The van der Waals surface area contributed by atoms with Crippen LogP contribution >= 0.6 is 0 Å². The van der Waals surface area contributed by atoms with Crippen LogP contribution in [-0.2, 0) is 0 Å². The van der Waals surface area contributed by atoms with Crippen molar-refractivity contribution in [1.82, 2.24) is 20.2 Å². The minimum Gasteiger partial charge on any atom is -0.373 e. The van der Waals surface area contributed by atoms with Gasteiger partial charge in [0.25, 0.3) is 0 Å². The smallest absolute Gasteiger partial charge is 0.317 e. The van der Waals surface area contributed by atoms with Crippen molar-refractivity contribution in [3.05, 3.63) is 12.4 Å². The second kappa shape index (κ2) is 4.32. The third-order valence-corrected chi connectivity index (χ3v) is 3.47. The first-order chi connectivity index (χ1) is 8.78. The van der Waals surface area contributed by atoms with Gasteiger partial charge < -0.3 is 20.4 Å². The summed E-state index contributed by atoms with van der Waals surface area (Å²) in [7, 11) is 1.84. The molecule has 7 heteroatoms. The maximum atomic E-state index is 11.5. The first-order valence-corrected chi connectivity index (χ1v) is 6.07. The first kappa shape index (κ1) is 11.1. The van der Waals surface area contributed by atoms with E-state index in [1.165, 1.54) is 0 Å². The van der Waals surface area contributed by atoms with Crippen LogP contribution in [0.1, 0.15) is 0 Å². The highest BCUT2D eigenvalue weighted by Gasteiger charge is 2.35. The Kier molecular flexibility index (Phi) is 2.66. The molecule has 0 radical (unpaired) electrons. The van der Waals surface area contributed by atoms with Gasteiger partial charge >= 0.3 is 6.03 Å². The summed E-state index contributed by atoms with van der Waals surface area (Å²) in [4.78, 5) is 24.0. The minimum atomic E-state index is 0.0539. The Morgan fingerprint density at radius 1 is 1.44 bits per heavy atom. The molecule has 1 aromatic heterocycles. The standard InChI is InChI=1S/C11H16N6O/c1-12-9-4-10(15-7-14-9)16-2-3-17-8(6-16)5-13-11(17)18/h4,7-8H,2-3,5-6H2,1H3,(H,13,18)(H,12,14,15). The second-order valence-corrected chi connectivity index (χ2v) is 4.49. The molecule has 3 rings (SSSR count). The highest BCUT2D eigenvalue weighted by molar-refractivity contribution is 5.77. The van der Waals surface area contributed by atoms with Crippen molar-refractivity contribution in [2.75, 3.05) is 43.4 Å². The van der Waals surface area contributed by atoms with Crippen molar-refractivity contribution in [2.45, 2.75) is 6.04 Å². The molecule has 0 saturated carbocycles. The van der Waals surface area contributed by atoms with E-state index in [-0.39, 0.29) is 12.1 Å². The van der Waals surface area contributed by atoms with Crippen LogP contribution in [0, 0.1) is 0 Å². The molecule has 0 bridgehead atoms. The Morgan fingerprint density at radius 3 is 3.17 bits per heavy atom. The van der Waals surface area contributed by atoms with E-state index in [2.05, 4.69) is 25.5 Å². The third kappa shape index (κ3) is 1.81. The van der Waals surface area contributed by atoms with Crippen molar-refractivity contribution in [1.29, 1.82) is 0 Å². The SMILES string of the molecule is CNc1cc(N2CCN3C(=O)NCC3C2)ncn1. The molecular weight excluding hydrogens is 232 g/mol. The number of hydrogen-bond acceptors (Lipinski definition) is 5. The number of rotatable bonds is 2. The summed E-state index contributed by atoms with van der Waals surface area (Å²) in [6.07, 6.45) is 1.56. The fraction of sp³-hybridized carbons (Fsp3) is 0.545. The molecule has 1 atom stereocenters. The molecule has 2 N–H and O–H groups in total. The van der Waals surface area contributed by atoms with E-state index in [9.17, 15) is 4.79 Å². The van der Waals surface area contributed by atoms with Gasteiger partial charge in [0.05, 0.1) is 6.04 Å². The van der Waals surface area contributed by atoms with Crippen LogP contribution in [0.5, 0.6) is 0 Å². The number of nitrogens with one attached hydrogen (secondary N) is 2. The quantitative estimate of drug-likeness (QED) is 0.754. The Hall–Kier alpha value is -2.05. The largest absolute Gasteiger partial charge is 0.373 e. The van der Waals surface area contributed by atoms with Crippen LogP contribution in [0.2, 0.25) is 0 Å². The van der Waals surface area contributed by atoms with Crippen LogP contribution in [0.4, 0.5) is 16.4 Å². The van der Waals surface area contributed by atoms with E-state index in [1.54, 1.807) is 6.33 Å². The normalized spacial score (nSPS) is 22.7. The van der Waals surface area contributed by atoms with Crippen molar-refractivity contribution >= 4 is 17.7 Å². The topological polar surface area (TPSA) is 73.4 Å². The Bertz CT molecular complexity index is 465. The summed E-state index contributed by atoms with van der Waals surface area (Å²) in [5, 5.41) is 5.88. The molecule has 0 aliphatic carbocycles. The lowest BCUT2D eigenvalue weighted by atomic mass is 10.2. The maximum absolute atomic E-state index is 11.5. The van der Waals surface area contributed by atoms with Crippen molar-refractivity contribution in [3.63, 3.8) is 0 Å². The molecule has 0 aromatic carbocycles. The van der Waals surface area contributed by atoms with E-state index in [4.69, 9.17) is 0 Å². The summed E-state index contributed by atoms with van der Waals surface area (Å²) < 4.78 is 0. The van der Waals surface area contributed by atoms with Crippen molar-refractivity contribution in [3.8, 4) is 0 Å². The lowest BCUT2D eigenvalue weighted by Crippen LogP contribution is -2.52. The molecule has 1 aromatic rings. The highest BCUT2D eigenvalue weighted by atomic mass is 16.2. The van der Waals surface area contributed by atoms with Crippen molar-refractivity contribution < 1.29 is 4.79 Å². The zero-order valence-electron chi connectivity index (χ0n) is 10.3. The summed E-state index contributed by atoms with van der Waals surface area (Å²) >= 11 is 0. The van der Waals surface area contributed by atoms with Gasteiger partial charge in [-0.05, 0) is 0 Å². The van der Waals surface area contributed by atoms with Gasteiger partial charge in [-0.3, -0.25) is 0 Å². The number of hydrogen-bond donors (Lipinski definition) is 2. The summed E-state index contributed by atoms with van der Waals surface area (Å²) in [5.74, 6) is 1.72. The lowest BCUT2D eigenvalue weighted by molar-refractivity contribution is 0.197. The average molecular weight is 248 g/mol. The van der Waals surface area contributed by atoms with E-state index in [1.807, 2.05) is 18.0 Å². The Labute approximate surface area is 105 Å². The molecule has 2 fully saturated rings. The molecular formula is C11H16N6O. The first-order valence-electron chi connectivity index (χ1n) is 6.07. The molecule has 2 aliphatic rings. The fourth-order valence-corrected chi connectivity index (χ4v) is 2.47. The number of piperazine rings is 1. The van der Waals surface area contributed by atoms with Gasteiger partial charge in [0.1, 0.15) is 18.0 Å². The number of amides is 2. The second-order valence-electron chi connectivity index (χ2n) is 4.49. The monoisotopic (exact) mass is 248 g/mol. The molecule has 2 saturated heterocycles. The van der Waals surface area contributed by atoms with Gasteiger partial charge in [0.2, 0.25) is 0 Å². The zero-order chi connectivity index (χ0) is 12.5. The maximum Gasteiger partial charge on any atom is 0.317 e. The zero-order valence-corrected chi connectivity index (χ0v) is 10.3. The predicted molar refractivity (Wildman–Crippen MR) is 67.7 cm³/mol. The van der Waals surface area contributed by atoms with Crippen LogP contribution in [0.25, 0.3) is 0 Å². The molecule has 7 nitrogen and oxygen atoms in total. The number of fused-ring (bicyclic) bond motifs is 1. The third-order valence-electron chi connectivity index (χ3n) is 3.47. The molecule has 2 aliphatic heterocycles. The number of nitrogens with zero attached hydrogens (tertiary/aromatic N) is 4. The number of anilines is 2. The van der Waals surface area contributed by atoms with Gasteiger partial charge in [0, 0.05) is 39.3 Å². The van der Waals surface area contributed by atoms with E-state index in [0.29, 0.717) is 0 Å². The number of aromatic nitrogens is 2. The van der Waals surface area contributed by atoms with Gasteiger partial charge in [-0.2, -0.15) is 0 Å². The molecule has 1 unspecified atom stereocenters. The molecule has 18 heavy (non-hydrogen) atoms. The number of carbonyl (C=O) groups is 1. The van der Waals surface area contributed by atoms with Gasteiger partial charge in [-0.25, -0.2) is 14.8 Å². The van der Waals surface area contributed by atoms with Gasteiger partial charge in [-0.1, -0.05) is 0 Å². The number of carbonyl (C=O) groups excluding carboxylic acids is 1. The van der Waals surface area contributed by atoms with E-state index in [0.717, 1.165) is 37.8 Å². The van der Waals surface area contributed by atoms with Gasteiger partial charge in [-0.15, -0.1) is 0 Å². The Morgan fingerprint density at radius 2 is 2.33 bits per heavy atom. The molecule has 2 amide bonds. The predicted octanol–water partition coefficient (Wildman–Crippen LogP) is -0.268. The summed E-state index contributed by atoms with van der Waals surface area (Å²) in [5.41, 5.74) is 0.